The van der Waals surface area contributed by atoms with Gasteiger partial charge in [-0.2, -0.15) is 0 Å². The summed E-state index contributed by atoms with van der Waals surface area (Å²) in [6.45, 7) is 0.0798. The van der Waals surface area contributed by atoms with Crippen LogP contribution in [0.3, 0.4) is 0 Å². The van der Waals surface area contributed by atoms with Crippen LogP contribution in [-0.2, 0) is 6.42 Å². The van der Waals surface area contributed by atoms with E-state index in [4.69, 9.17) is 0 Å². The predicted octanol–water partition coefficient (Wildman–Crippen LogP) is 1.92. The second-order valence-corrected chi connectivity index (χ2v) is 3.72. The summed E-state index contributed by atoms with van der Waals surface area (Å²) in [6.07, 6.45) is -0.0302. The SMILES string of the molecule is CN(C)C(=O)NCCc1c(F)cc(F)cc1F. The van der Waals surface area contributed by atoms with Crippen molar-refractivity contribution >= 4 is 6.03 Å². The lowest BCUT2D eigenvalue weighted by atomic mass is 10.1. The van der Waals surface area contributed by atoms with Crippen molar-refractivity contribution in [3.63, 3.8) is 0 Å². The molecule has 0 bridgehead atoms. The number of urea groups is 1. The first-order chi connectivity index (χ1) is 7.91. The third-order valence-corrected chi connectivity index (χ3v) is 2.16. The van der Waals surface area contributed by atoms with Crippen LogP contribution in [0.15, 0.2) is 12.1 Å². The lowest BCUT2D eigenvalue weighted by Gasteiger charge is -2.12. The van der Waals surface area contributed by atoms with E-state index >= 15 is 0 Å². The Hall–Kier alpha value is -1.72. The molecule has 0 fully saturated rings. The first-order valence-corrected chi connectivity index (χ1v) is 5.00. The third-order valence-electron chi connectivity index (χ3n) is 2.16. The lowest BCUT2D eigenvalue weighted by molar-refractivity contribution is 0.217. The molecule has 0 spiro atoms. The minimum Gasteiger partial charge on any atom is -0.338 e. The summed E-state index contributed by atoms with van der Waals surface area (Å²) < 4.78 is 39.0. The van der Waals surface area contributed by atoms with Crippen LogP contribution in [0.5, 0.6) is 0 Å². The van der Waals surface area contributed by atoms with E-state index in [0.717, 1.165) is 0 Å². The fourth-order valence-corrected chi connectivity index (χ4v) is 1.26. The molecule has 0 aliphatic heterocycles. The van der Waals surface area contributed by atoms with Crippen LogP contribution in [0.2, 0.25) is 0 Å². The Bertz CT molecular complexity index is 398. The van der Waals surface area contributed by atoms with Crippen molar-refractivity contribution in [3.8, 4) is 0 Å². The normalized spacial score (nSPS) is 10.2. The molecular weight excluding hydrogens is 233 g/mol. The Labute approximate surface area is 97.2 Å². The van der Waals surface area contributed by atoms with E-state index in [1.807, 2.05) is 0 Å². The molecule has 3 nitrogen and oxygen atoms in total. The molecule has 6 heteroatoms. The van der Waals surface area contributed by atoms with Gasteiger partial charge >= 0.3 is 6.03 Å². The Kier molecular flexibility index (Phi) is 4.37. The zero-order chi connectivity index (χ0) is 13.0. The van der Waals surface area contributed by atoms with Crippen molar-refractivity contribution < 1.29 is 18.0 Å². The zero-order valence-electron chi connectivity index (χ0n) is 9.56. The molecule has 0 saturated heterocycles. The third kappa shape index (κ3) is 3.65. The van der Waals surface area contributed by atoms with E-state index in [1.54, 1.807) is 14.1 Å². The number of hydrogen-bond acceptors (Lipinski definition) is 1. The fraction of sp³-hybridized carbons (Fsp3) is 0.364. The molecule has 1 aromatic carbocycles. The number of halogens is 3. The van der Waals surface area contributed by atoms with Crippen LogP contribution in [0, 0.1) is 17.5 Å². The summed E-state index contributed by atoms with van der Waals surface area (Å²) in [5, 5.41) is 2.46. The van der Waals surface area contributed by atoms with Gasteiger partial charge in [0.25, 0.3) is 0 Å². The largest absolute Gasteiger partial charge is 0.338 e. The first-order valence-electron chi connectivity index (χ1n) is 5.00. The molecule has 1 N–H and O–H groups in total. The van der Waals surface area contributed by atoms with Crippen LogP contribution >= 0.6 is 0 Å². The summed E-state index contributed by atoms with van der Waals surface area (Å²) in [5.41, 5.74) is -0.231. The minimum atomic E-state index is -0.957. The highest BCUT2D eigenvalue weighted by atomic mass is 19.1. The van der Waals surface area contributed by atoms with E-state index in [0.29, 0.717) is 12.1 Å². The Balaban J connectivity index is 2.61. The second kappa shape index (κ2) is 5.56. The number of hydrogen-bond donors (Lipinski definition) is 1. The Morgan fingerprint density at radius 1 is 1.24 bits per heavy atom. The molecular formula is C11H13F3N2O. The molecule has 0 heterocycles. The van der Waals surface area contributed by atoms with Gasteiger partial charge in [0, 0.05) is 38.3 Å². The van der Waals surface area contributed by atoms with Gasteiger partial charge in [0.1, 0.15) is 17.5 Å². The topological polar surface area (TPSA) is 32.3 Å². The number of benzene rings is 1. The average Bonchev–Trinajstić information content (AvgIpc) is 2.21. The number of carbonyl (C=O) groups is 1. The van der Waals surface area contributed by atoms with Crippen molar-refractivity contribution in [2.75, 3.05) is 20.6 Å². The highest BCUT2D eigenvalue weighted by Gasteiger charge is 2.11. The monoisotopic (exact) mass is 246 g/mol. The molecule has 0 radical (unpaired) electrons. The van der Waals surface area contributed by atoms with Crippen molar-refractivity contribution in [3.05, 3.63) is 35.1 Å². The van der Waals surface area contributed by atoms with E-state index in [-0.39, 0.29) is 24.6 Å². The standard InChI is InChI=1S/C11H13F3N2O/c1-16(2)11(17)15-4-3-8-9(13)5-7(12)6-10(8)14/h5-6H,3-4H2,1-2H3,(H,15,17). The van der Waals surface area contributed by atoms with Gasteiger partial charge in [-0.05, 0) is 6.42 Å². The Morgan fingerprint density at radius 3 is 2.24 bits per heavy atom. The molecule has 94 valence electrons. The van der Waals surface area contributed by atoms with E-state index in [9.17, 15) is 18.0 Å². The maximum atomic E-state index is 13.2. The molecule has 1 rings (SSSR count). The van der Waals surface area contributed by atoms with Gasteiger partial charge in [-0.15, -0.1) is 0 Å². The van der Waals surface area contributed by atoms with Crippen molar-refractivity contribution in [1.29, 1.82) is 0 Å². The summed E-state index contributed by atoms with van der Waals surface area (Å²) in [6, 6.07) is 0.881. The molecule has 0 aliphatic rings. The van der Waals surface area contributed by atoms with Crippen LogP contribution < -0.4 is 5.32 Å². The van der Waals surface area contributed by atoms with Crippen molar-refractivity contribution in [1.82, 2.24) is 10.2 Å². The van der Waals surface area contributed by atoms with Crippen molar-refractivity contribution in [2.24, 2.45) is 0 Å². The summed E-state index contributed by atoms with van der Waals surface area (Å²) >= 11 is 0. The van der Waals surface area contributed by atoms with Crippen LogP contribution in [-0.4, -0.2) is 31.6 Å². The summed E-state index contributed by atoms with van der Waals surface area (Å²) in [4.78, 5) is 12.4. The molecule has 0 aliphatic carbocycles. The number of rotatable bonds is 3. The second-order valence-electron chi connectivity index (χ2n) is 3.72. The summed E-state index contributed by atoms with van der Waals surface area (Å²) in [5.74, 6) is -2.84. The molecule has 2 amide bonds. The number of amides is 2. The van der Waals surface area contributed by atoms with Gasteiger partial charge in [0.2, 0.25) is 0 Å². The van der Waals surface area contributed by atoms with E-state index in [1.165, 1.54) is 4.90 Å². The highest BCUT2D eigenvalue weighted by molar-refractivity contribution is 5.73. The smallest absolute Gasteiger partial charge is 0.316 e. The lowest BCUT2D eigenvalue weighted by Crippen LogP contribution is -2.35. The molecule has 0 unspecified atom stereocenters. The van der Waals surface area contributed by atoms with Gasteiger partial charge in [0.05, 0.1) is 0 Å². The van der Waals surface area contributed by atoms with Crippen LogP contribution in [0.1, 0.15) is 5.56 Å². The van der Waals surface area contributed by atoms with Gasteiger partial charge < -0.3 is 10.2 Å². The van der Waals surface area contributed by atoms with Gasteiger partial charge in [-0.25, -0.2) is 18.0 Å². The van der Waals surface area contributed by atoms with Crippen LogP contribution in [0.25, 0.3) is 0 Å². The number of nitrogens with zero attached hydrogens (tertiary/aromatic N) is 1. The average molecular weight is 246 g/mol. The predicted molar refractivity (Wildman–Crippen MR) is 57.1 cm³/mol. The molecule has 0 atom stereocenters. The number of nitrogens with one attached hydrogen (secondary N) is 1. The summed E-state index contributed by atoms with van der Waals surface area (Å²) in [7, 11) is 3.10. The minimum absolute atomic E-state index is 0.0302. The quantitative estimate of drug-likeness (QED) is 0.868. The zero-order valence-corrected chi connectivity index (χ0v) is 9.56. The number of carbonyl (C=O) groups excluding carboxylic acids is 1. The highest BCUT2D eigenvalue weighted by Crippen LogP contribution is 2.14. The van der Waals surface area contributed by atoms with Gasteiger partial charge in [-0.1, -0.05) is 0 Å². The Morgan fingerprint density at radius 2 is 1.76 bits per heavy atom. The fourth-order valence-electron chi connectivity index (χ4n) is 1.26. The van der Waals surface area contributed by atoms with Crippen molar-refractivity contribution in [2.45, 2.75) is 6.42 Å². The maximum absolute atomic E-state index is 13.2. The van der Waals surface area contributed by atoms with Crippen LogP contribution in [0.4, 0.5) is 18.0 Å². The molecule has 17 heavy (non-hydrogen) atoms. The van der Waals surface area contributed by atoms with E-state index < -0.39 is 17.5 Å². The van der Waals surface area contributed by atoms with Gasteiger partial charge in [0.15, 0.2) is 0 Å². The maximum Gasteiger partial charge on any atom is 0.316 e. The molecule has 1 aromatic rings. The first kappa shape index (κ1) is 13.3. The molecule has 0 aromatic heterocycles. The molecule has 0 saturated carbocycles. The van der Waals surface area contributed by atoms with E-state index in [2.05, 4.69) is 5.32 Å². The van der Waals surface area contributed by atoms with Gasteiger partial charge in [-0.3, -0.25) is 0 Å².